The number of ether oxygens (including phenoxy) is 1. The zero-order valence-corrected chi connectivity index (χ0v) is 14.5. The maximum atomic E-state index is 12.8. The average molecular weight is 362 g/mol. The quantitative estimate of drug-likeness (QED) is 0.729. The highest BCUT2D eigenvalue weighted by atomic mass is 19.1. The van der Waals surface area contributed by atoms with Crippen molar-refractivity contribution in [1.29, 1.82) is 0 Å². The topological polar surface area (TPSA) is 84.5 Å². The molecule has 0 aliphatic heterocycles. The van der Waals surface area contributed by atoms with Gasteiger partial charge in [0.2, 0.25) is 5.91 Å². The minimum Gasteiger partial charge on any atom is -0.456 e. The zero-order valence-electron chi connectivity index (χ0n) is 14.5. The zero-order chi connectivity index (χ0) is 18.5. The molecule has 0 radical (unpaired) electrons. The van der Waals surface area contributed by atoms with Gasteiger partial charge in [0.25, 0.3) is 5.91 Å². The van der Waals surface area contributed by atoms with E-state index in [4.69, 9.17) is 4.74 Å². The van der Waals surface area contributed by atoms with Gasteiger partial charge in [0.05, 0.1) is 6.54 Å². The van der Waals surface area contributed by atoms with E-state index in [1.807, 2.05) is 0 Å². The lowest BCUT2D eigenvalue weighted by Gasteiger charge is -2.20. The number of amides is 2. The van der Waals surface area contributed by atoms with Crippen LogP contribution in [0.15, 0.2) is 24.3 Å². The first kappa shape index (κ1) is 18.4. The second-order valence-electron chi connectivity index (χ2n) is 7.13. The molecule has 0 saturated heterocycles. The number of esters is 1. The smallest absolute Gasteiger partial charge is 0.306 e. The number of hydrogen-bond acceptors (Lipinski definition) is 4. The fourth-order valence-electron chi connectivity index (χ4n) is 4.01. The van der Waals surface area contributed by atoms with Crippen molar-refractivity contribution in [3.8, 4) is 0 Å². The highest BCUT2D eigenvalue weighted by Gasteiger charge is 2.40. The van der Waals surface area contributed by atoms with Crippen LogP contribution < -0.4 is 10.6 Å². The Kier molecular flexibility index (Phi) is 5.85. The molecule has 0 heterocycles. The molecule has 2 N–H and O–H groups in total. The third kappa shape index (κ3) is 5.03. The number of carbonyl (C=O) groups excluding carboxylic acids is 3. The molecular weight excluding hydrogens is 339 g/mol. The number of carbonyl (C=O) groups is 3. The molecule has 2 bridgehead atoms. The lowest BCUT2D eigenvalue weighted by atomic mass is 9.86. The second-order valence-corrected chi connectivity index (χ2v) is 7.13. The largest absolute Gasteiger partial charge is 0.456 e. The van der Waals surface area contributed by atoms with Gasteiger partial charge in [-0.1, -0.05) is 6.42 Å². The maximum Gasteiger partial charge on any atom is 0.306 e. The minimum atomic E-state index is -0.527. The number of hydrogen-bond donors (Lipinski definition) is 2. The van der Waals surface area contributed by atoms with E-state index in [9.17, 15) is 18.8 Å². The van der Waals surface area contributed by atoms with Gasteiger partial charge in [0.1, 0.15) is 5.82 Å². The van der Waals surface area contributed by atoms with E-state index in [2.05, 4.69) is 10.6 Å². The molecule has 2 aliphatic carbocycles. The molecule has 26 heavy (non-hydrogen) atoms. The molecule has 1 aromatic rings. The van der Waals surface area contributed by atoms with Crippen LogP contribution in [0.1, 0.15) is 32.1 Å². The summed E-state index contributed by atoms with van der Waals surface area (Å²) in [5.74, 6) is 0.0684. The van der Waals surface area contributed by atoms with Gasteiger partial charge in [0, 0.05) is 12.1 Å². The lowest BCUT2D eigenvalue weighted by Crippen LogP contribution is -2.35. The number of halogens is 1. The predicted octanol–water partition coefficient (Wildman–Crippen LogP) is 2.25. The normalized spacial score (nSPS) is 23.5. The summed E-state index contributed by atoms with van der Waals surface area (Å²) in [5.41, 5.74) is 0.433. The maximum absolute atomic E-state index is 12.8. The Morgan fingerprint density at radius 1 is 1.08 bits per heavy atom. The van der Waals surface area contributed by atoms with E-state index in [-0.39, 0.29) is 19.1 Å². The number of benzene rings is 1. The highest BCUT2D eigenvalue weighted by Crippen LogP contribution is 2.49. The molecular formula is C19H23FN2O4. The van der Waals surface area contributed by atoms with Gasteiger partial charge in [-0.2, -0.15) is 0 Å². The SMILES string of the molecule is O=C(COC(=O)C[C@H]1C[C@H]2CC[C@@H]1C2)NCC(=O)Nc1ccc(F)cc1. The molecule has 0 spiro atoms. The lowest BCUT2D eigenvalue weighted by molar-refractivity contribution is -0.149. The first-order valence-electron chi connectivity index (χ1n) is 8.97. The van der Waals surface area contributed by atoms with Crippen molar-refractivity contribution < 1.29 is 23.5 Å². The third-order valence-electron chi connectivity index (χ3n) is 5.25. The molecule has 0 unspecified atom stereocenters. The molecule has 140 valence electrons. The third-order valence-corrected chi connectivity index (χ3v) is 5.25. The Bertz CT molecular complexity index is 677. The van der Waals surface area contributed by atoms with Crippen molar-refractivity contribution in [2.75, 3.05) is 18.5 Å². The van der Waals surface area contributed by atoms with E-state index in [0.717, 1.165) is 12.3 Å². The summed E-state index contributed by atoms with van der Waals surface area (Å²) in [4.78, 5) is 35.3. The molecule has 1 aromatic carbocycles. The Hall–Kier alpha value is -2.44. The van der Waals surface area contributed by atoms with Crippen LogP contribution in [-0.2, 0) is 19.1 Å². The molecule has 0 aromatic heterocycles. The number of nitrogens with one attached hydrogen (secondary N) is 2. The summed E-state index contributed by atoms with van der Waals surface area (Å²) < 4.78 is 17.8. The van der Waals surface area contributed by atoms with Gasteiger partial charge in [-0.3, -0.25) is 14.4 Å². The Morgan fingerprint density at radius 2 is 1.85 bits per heavy atom. The summed E-state index contributed by atoms with van der Waals surface area (Å²) in [7, 11) is 0. The summed E-state index contributed by atoms with van der Waals surface area (Å²) in [6, 6.07) is 5.30. The predicted molar refractivity (Wildman–Crippen MR) is 92.6 cm³/mol. The van der Waals surface area contributed by atoms with E-state index >= 15 is 0 Å². The molecule has 2 aliphatic rings. The van der Waals surface area contributed by atoms with Crippen molar-refractivity contribution >= 4 is 23.5 Å². The Balaban J connectivity index is 1.30. The monoisotopic (exact) mass is 362 g/mol. The van der Waals surface area contributed by atoms with E-state index < -0.39 is 17.6 Å². The van der Waals surface area contributed by atoms with Crippen molar-refractivity contribution in [1.82, 2.24) is 5.32 Å². The summed E-state index contributed by atoms with van der Waals surface area (Å²) in [6.45, 7) is -0.635. The van der Waals surface area contributed by atoms with Gasteiger partial charge in [-0.05, 0) is 61.3 Å². The fraction of sp³-hybridized carbons (Fsp3) is 0.526. The van der Waals surface area contributed by atoms with Gasteiger partial charge in [0.15, 0.2) is 6.61 Å². The van der Waals surface area contributed by atoms with Crippen LogP contribution in [0.3, 0.4) is 0 Å². The molecule has 6 nitrogen and oxygen atoms in total. The molecule has 3 atom stereocenters. The van der Waals surface area contributed by atoms with Crippen LogP contribution in [0.2, 0.25) is 0 Å². The molecule has 2 saturated carbocycles. The number of anilines is 1. The van der Waals surface area contributed by atoms with Gasteiger partial charge >= 0.3 is 5.97 Å². The van der Waals surface area contributed by atoms with E-state index in [0.29, 0.717) is 23.9 Å². The summed E-state index contributed by atoms with van der Waals surface area (Å²) in [5, 5.41) is 4.91. The average Bonchev–Trinajstić information content (AvgIpc) is 3.23. The molecule has 2 amide bonds. The van der Waals surface area contributed by atoms with Gasteiger partial charge < -0.3 is 15.4 Å². The van der Waals surface area contributed by atoms with Crippen molar-refractivity contribution in [2.45, 2.75) is 32.1 Å². The Labute approximate surface area is 151 Å². The number of fused-ring (bicyclic) bond motifs is 2. The van der Waals surface area contributed by atoms with Crippen LogP contribution >= 0.6 is 0 Å². The van der Waals surface area contributed by atoms with E-state index in [1.165, 1.54) is 43.5 Å². The molecule has 2 fully saturated rings. The first-order valence-corrected chi connectivity index (χ1v) is 8.97. The van der Waals surface area contributed by atoms with Crippen molar-refractivity contribution in [3.05, 3.63) is 30.1 Å². The molecule has 7 heteroatoms. The standard InChI is InChI=1S/C19H23FN2O4/c20-15-3-5-16(6-4-15)22-17(23)10-21-18(24)11-26-19(25)9-14-8-12-1-2-13(14)7-12/h3-6,12-14H,1-2,7-11H2,(H,21,24)(H,22,23)/t12-,13+,14+/m0/s1. The highest BCUT2D eigenvalue weighted by molar-refractivity contribution is 5.94. The number of rotatable bonds is 7. The van der Waals surface area contributed by atoms with Crippen LogP contribution in [0.4, 0.5) is 10.1 Å². The van der Waals surface area contributed by atoms with Crippen LogP contribution in [-0.4, -0.2) is 30.9 Å². The molecule has 3 rings (SSSR count). The van der Waals surface area contributed by atoms with Crippen molar-refractivity contribution in [2.24, 2.45) is 17.8 Å². The summed E-state index contributed by atoms with van der Waals surface area (Å²) in [6.07, 6.45) is 5.17. The first-order chi connectivity index (χ1) is 12.5. The van der Waals surface area contributed by atoms with Crippen molar-refractivity contribution in [3.63, 3.8) is 0 Å². The van der Waals surface area contributed by atoms with Crippen LogP contribution in [0.25, 0.3) is 0 Å². The summed E-state index contributed by atoms with van der Waals surface area (Å²) >= 11 is 0. The van der Waals surface area contributed by atoms with Gasteiger partial charge in [-0.15, -0.1) is 0 Å². The van der Waals surface area contributed by atoms with Crippen LogP contribution in [0, 0.1) is 23.6 Å². The Morgan fingerprint density at radius 3 is 2.50 bits per heavy atom. The van der Waals surface area contributed by atoms with Gasteiger partial charge in [-0.25, -0.2) is 4.39 Å². The van der Waals surface area contributed by atoms with E-state index in [1.54, 1.807) is 0 Å². The second kappa shape index (κ2) is 8.29. The minimum absolute atomic E-state index is 0.250. The fourth-order valence-corrected chi connectivity index (χ4v) is 4.01. The van der Waals surface area contributed by atoms with Crippen LogP contribution in [0.5, 0.6) is 0 Å².